The molecule has 7 nitrogen and oxygen atoms in total. The zero-order valence-electron chi connectivity index (χ0n) is 11.2. The predicted octanol–water partition coefficient (Wildman–Crippen LogP) is 1.57. The molecule has 0 aliphatic carbocycles. The molecule has 0 aliphatic rings. The number of non-ortho nitro benzene ring substituents is 1. The van der Waals surface area contributed by atoms with E-state index in [2.05, 4.69) is 10.4 Å². The summed E-state index contributed by atoms with van der Waals surface area (Å²) < 4.78 is 1.68. The molecule has 0 saturated heterocycles. The highest BCUT2D eigenvalue weighted by molar-refractivity contribution is 5.94. The van der Waals surface area contributed by atoms with Gasteiger partial charge in [-0.05, 0) is 19.1 Å². The third kappa shape index (κ3) is 3.00. The fourth-order valence-corrected chi connectivity index (χ4v) is 1.83. The van der Waals surface area contributed by atoms with Gasteiger partial charge in [-0.1, -0.05) is 0 Å². The highest BCUT2D eigenvalue weighted by Gasteiger charge is 2.10. The summed E-state index contributed by atoms with van der Waals surface area (Å²) in [7, 11) is 1.81. The Labute approximate surface area is 115 Å². The maximum atomic E-state index is 11.9. The largest absolute Gasteiger partial charge is 0.348 e. The van der Waals surface area contributed by atoms with Crippen LogP contribution in [0.2, 0.25) is 0 Å². The van der Waals surface area contributed by atoms with E-state index >= 15 is 0 Å². The molecular weight excluding hydrogens is 260 g/mol. The molecule has 104 valence electrons. The summed E-state index contributed by atoms with van der Waals surface area (Å²) in [5.74, 6) is -0.275. The molecule has 1 amide bonds. The van der Waals surface area contributed by atoms with Gasteiger partial charge in [0.15, 0.2) is 0 Å². The first kappa shape index (κ1) is 13.7. The molecule has 1 N–H and O–H groups in total. The first-order chi connectivity index (χ1) is 9.47. The number of carbonyl (C=O) groups is 1. The first-order valence-corrected chi connectivity index (χ1v) is 5.99. The molecule has 2 aromatic rings. The summed E-state index contributed by atoms with van der Waals surface area (Å²) in [6.45, 7) is 2.24. The van der Waals surface area contributed by atoms with Crippen molar-refractivity contribution in [3.63, 3.8) is 0 Å². The highest BCUT2D eigenvalue weighted by Crippen LogP contribution is 2.12. The van der Waals surface area contributed by atoms with Crippen LogP contribution < -0.4 is 5.32 Å². The number of nitro groups is 1. The number of aryl methyl sites for hydroxylation is 2. The van der Waals surface area contributed by atoms with Gasteiger partial charge in [0, 0.05) is 43.0 Å². The quantitative estimate of drug-likeness (QED) is 0.676. The van der Waals surface area contributed by atoms with Gasteiger partial charge in [0.2, 0.25) is 0 Å². The number of aromatic nitrogens is 2. The number of nitrogens with zero attached hydrogens (tertiary/aromatic N) is 3. The van der Waals surface area contributed by atoms with Crippen LogP contribution in [-0.4, -0.2) is 20.6 Å². The maximum absolute atomic E-state index is 11.9. The molecular formula is C13H14N4O3. The maximum Gasteiger partial charge on any atom is 0.269 e. The second-order valence-electron chi connectivity index (χ2n) is 4.40. The average Bonchev–Trinajstić information content (AvgIpc) is 2.74. The Balaban J connectivity index is 2.01. The van der Waals surface area contributed by atoms with Crippen LogP contribution in [0.25, 0.3) is 0 Å². The van der Waals surface area contributed by atoms with E-state index in [0.29, 0.717) is 12.1 Å². The number of benzene rings is 1. The van der Waals surface area contributed by atoms with E-state index in [1.54, 1.807) is 4.68 Å². The molecule has 7 heteroatoms. The first-order valence-electron chi connectivity index (χ1n) is 5.99. The minimum absolute atomic E-state index is 0.0374. The van der Waals surface area contributed by atoms with Crippen molar-refractivity contribution in [1.82, 2.24) is 15.1 Å². The van der Waals surface area contributed by atoms with Crippen molar-refractivity contribution >= 4 is 11.6 Å². The van der Waals surface area contributed by atoms with Gasteiger partial charge in [-0.25, -0.2) is 0 Å². The SMILES string of the molecule is Cc1nn(C)cc1CNC(=O)c1ccc([N+](=O)[O-])cc1. The Bertz CT molecular complexity index is 646. The van der Waals surface area contributed by atoms with Gasteiger partial charge < -0.3 is 5.32 Å². The molecule has 2 rings (SSSR count). The van der Waals surface area contributed by atoms with E-state index < -0.39 is 4.92 Å². The van der Waals surface area contributed by atoms with Crippen LogP contribution in [0.4, 0.5) is 5.69 Å². The highest BCUT2D eigenvalue weighted by atomic mass is 16.6. The lowest BCUT2D eigenvalue weighted by Gasteiger charge is -2.04. The lowest BCUT2D eigenvalue weighted by Crippen LogP contribution is -2.22. The van der Waals surface area contributed by atoms with Crippen molar-refractivity contribution in [2.75, 3.05) is 0 Å². The molecule has 0 fully saturated rings. The summed E-state index contributed by atoms with van der Waals surface area (Å²) >= 11 is 0. The summed E-state index contributed by atoms with van der Waals surface area (Å²) in [6, 6.07) is 5.49. The zero-order valence-corrected chi connectivity index (χ0v) is 11.2. The molecule has 0 bridgehead atoms. The summed E-state index contributed by atoms with van der Waals surface area (Å²) in [5.41, 5.74) is 2.14. The molecule has 1 aromatic carbocycles. The molecule has 1 aromatic heterocycles. The standard InChI is InChI=1S/C13H14N4O3/c1-9-11(8-16(2)15-9)7-14-13(18)10-3-5-12(6-4-10)17(19)20/h3-6,8H,7H2,1-2H3,(H,14,18). The smallest absolute Gasteiger partial charge is 0.269 e. The average molecular weight is 274 g/mol. The second-order valence-corrected chi connectivity index (χ2v) is 4.40. The Morgan fingerprint density at radius 2 is 2.05 bits per heavy atom. The number of rotatable bonds is 4. The van der Waals surface area contributed by atoms with E-state index in [-0.39, 0.29) is 11.6 Å². The molecule has 1 heterocycles. The van der Waals surface area contributed by atoms with Crippen molar-refractivity contribution in [2.24, 2.45) is 7.05 Å². The lowest BCUT2D eigenvalue weighted by atomic mass is 10.2. The van der Waals surface area contributed by atoms with Gasteiger partial charge >= 0.3 is 0 Å². The van der Waals surface area contributed by atoms with Crippen LogP contribution in [0.3, 0.4) is 0 Å². The summed E-state index contributed by atoms with van der Waals surface area (Å²) in [6.07, 6.45) is 1.84. The number of hydrogen-bond acceptors (Lipinski definition) is 4. The third-order valence-electron chi connectivity index (χ3n) is 2.89. The van der Waals surface area contributed by atoms with E-state index in [0.717, 1.165) is 11.3 Å². The summed E-state index contributed by atoms with van der Waals surface area (Å²) in [5, 5.41) is 17.5. The molecule has 0 aliphatic heterocycles. The second kappa shape index (κ2) is 5.52. The van der Waals surface area contributed by atoms with E-state index in [1.165, 1.54) is 24.3 Å². The number of amides is 1. The lowest BCUT2D eigenvalue weighted by molar-refractivity contribution is -0.384. The minimum Gasteiger partial charge on any atom is -0.348 e. The van der Waals surface area contributed by atoms with Gasteiger partial charge in [-0.3, -0.25) is 19.6 Å². The zero-order chi connectivity index (χ0) is 14.7. The van der Waals surface area contributed by atoms with Gasteiger partial charge in [-0.2, -0.15) is 5.10 Å². The Morgan fingerprint density at radius 3 is 2.55 bits per heavy atom. The molecule has 20 heavy (non-hydrogen) atoms. The molecule has 0 saturated carbocycles. The number of nitro benzene ring substituents is 1. The van der Waals surface area contributed by atoms with Gasteiger partial charge in [0.1, 0.15) is 0 Å². The van der Waals surface area contributed by atoms with Crippen molar-refractivity contribution < 1.29 is 9.72 Å². The number of nitrogens with one attached hydrogen (secondary N) is 1. The van der Waals surface area contributed by atoms with Crippen molar-refractivity contribution in [3.05, 3.63) is 57.4 Å². The van der Waals surface area contributed by atoms with Gasteiger partial charge in [0.25, 0.3) is 11.6 Å². The minimum atomic E-state index is -0.499. The van der Waals surface area contributed by atoms with Crippen LogP contribution in [0.5, 0.6) is 0 Å². The third-order valence-corrected chi connectivity index (χ3v) is 2.89. The monoisotopic (exact) mass is 274 g/mol. The van der Waals surface area contributed by atoms with Gasteiger partial charge in [0.05, 0.1) is 10.6 Å². The number of hydrogen-bond donors (Lipinski definition) is 1. The Kier molecular flexibility index (Phi) is 3.79. The Hall–Kier alpha value is -2.70. The number of carbonyl (C=O) groups excluding carboxylic acids is 1. The van der Waals surface area contributed by atoms with Crippen molar-refractivity contribution in [1.29, 1.82) is 0 Å². The normalized spacial score (nSPS) is 10.3. The molecule has 0 spiro atoms. The van der Waals surface area contributed by atoms with Crippen molar-refractivity contribution in [2.45, 2.75) is 13.5 Å². The fraction of sp³-hybridized carbons (Fsp3) is 0.231. The molecule has 0 unspecified atom stereocenters. The molecule has 0 atom stereocenters. The van der Waals surface area contributed by atoms with Crippen molar-refractivity contribution in [3.8, 4) is 0 Å². The Morgan fingerprint density at radius 1 is 1.40 bits per heavy atom. The van der Waals surface area contributed by atoms with Crippen LogP contribution in [0.1, 0.15) is 21.6 Å². The fourth-order valence-electron chi connectivity index (χ4n) is 1.83. The van der Waals surface area contributed by atoms with E-state index in [1.807, 2.05) is 20.2 Å². The van der Waals surface area contributed by atoms with Crippen LogP contribution >= 0.6 is 0 Å². The predicted molar refractivity (Wildman–Crippen MR) is 72.2 cm³/mol. The van der Waals surface area contributed by atoms with Gasteiger partial charge in [-0.15, -0.1) is 0 Å². The topological polar surface area (TPSA) is 90.1 Å². The molecule has 0 radical (unpaired) electrons. The van der Waals surface area contributed by atoms with Crippen LogP contribution in [-0.2, 0) is 13.6 Å². The van der Waals surface area contributed by atoms with E-state index in [4.69, 9.17) is 0 Å². The van der Waals surface area contributed by atoms with Crippen LogP contribution in [0.15, 0.2) is 30.5 Å². The summed E-state index contributed by atoms with van der Waals surface area (Å²) in [4.78, 5) is 21.9. The van der Waals surface area contributed by atoms with Crippen LogP contribution in [0, 0.1) is 17.0 Å². The van der Waals surface area contributed by atoms with E-state index in [9.17, 15) is 14.9 Å².